The van der Waals surface area contributed by atoms with Crippen LogP contribution in [0, 0.1) is 0 Å². The summed E-state index contributed by atoms with van der Waals surface area (Å²) in [6, 6.07) is 9.27. The standard InChI is InChI=1S/C13H17NO4/c1-17-13(16)12-7-11(9-15)18-14(12)8-10-5-3-2-4-6-10/h2-6,11-12,15H,7-9H2,1H3/t11-,12+/m1/s1. The molecule has 0 aliphatic carbocycles. The van der Waals surface area contributed by atoms with Gasteiger partial charge in [0.15, 0.2) is 0 Å². The molecule has 1 aromatic carbocycles. The van der Waals surface area contributed by atoms with Crippen molar-refractivity contribution in [1.29, 1.82) is 0 Å². The summed E-state index contributed by atoms with van der Waals surface area (Å²) in [6.45, 7) is 0.399. The average Bonchev–Trinajstić information content (AvgIpc) is 2.82. The molecule has 98 valence electrons. The molecule has 0 unspecified atom stereocenters. The average molecular weight is 251 g/mol. The van der Waals surface area contributed by atoms with Crippen LogP contribution in [0.15, 0.2) is 30.3 Å². The molecule has 2 rings (SSSR count). The van der Waals surface area contributed by atoms with Gasteiger partial charge in [0.25, 0.3) is 0 Å². The van der Waals surface area contributed by atoms with Crippen molar-refractivity contribution in [3.05, 3.63) is 35.9 Å². The van der Waals surface area contributed by atoms with Gasteiger partial charge in [-0.15, -0.1) is 0 Å². The lowest BCUT2D eigenvalue weighted by Gasteiger charge is -2.20. The Morgan fingerprint density at radius 1 is 1.50 bits per heavy atom. The highest BCUT2D eigenvalue weighted by molar-refractivity contribution is 5.75. The minimum atomic E-state index is -0.452. The van der Waals surface area contributed by atoms with Crippen molar-refractivity contribution in [2.24, 2.45) is 0 Å². The van der Waals surface area contributed by atoms with Crippen LogP contribution in [0.4, 0.5) is 0 Å². The van der Waals surface area contributed by atoms with Crippen LogP contribution in [0.5, 0.6) is 0 Å². The smallest absolute Gasteiger partial charge is 0.325 e. The maximum atomic E-state index is 11.7. The molecule has 5 nitrogen and oxygen atoms in total. The lowest BCUT2D eigenvalue weighted by atomic mass is 10.1. The maximum Gasteiger partial charge on any atom is 0.325 e. The Bertz CT molecular complexity index is 395. The highest BCUT2D eigenvalue weighted by Crippen LogP contribution is 2.24. The molecule has 5 heteroatoms. The zero-order chi connectivity index (χ0) is 13.0. The Morgan fingerprint density at radius 3 is 2.83 bits per heavy atom. The highest BCUT2D eigenvalue weighted by Gasteiger charge is 2.38. The van der Waals surface area contributed by atoms with Gasteiger partial charge in [-0.1, -0.05) is 30.3 Å². The lowest BCUT2D eigenvalue weighted by Crippen LogP contribution is -2.35. The summed E-state index contributed by atoms with van der Waals surface area (Å²) in [5, 5.41) is 10.7. The van der Waals surface area contributed by atoms with Gasteiger partial charge in [0.05, 0.1) is 20.3 Å². The summed E-state index contributed by atoms with van der Waals surface area (Å²) in [4.78, 5) is 17.2. The van der Waals surface area contributed by atoms with E-state index in [2.05, 4.69) is 0 Å². The number of esters is 1. The molecule has 0 spiro atoms. The molecule has 0 amide bonds. The summed E-state index contributed by atoms with van der Waals surface area (Å²) in [7, 11) is 1.36. The normalized spacial score (nSPS) is 24.1. The summed E-state index contributed by atoms with van der Waals surface area (Å²) in [5.41, 5.74) is 1.05. The fourth-order valence-electron chi connectivity index (χ4n) is 2.04. The van der Waals surface area contributed by atoms with E-state index in [-0.39, 0.29) is 18.7 Å². The summed E-state index contributed by atoms with van der Waals surface area (Å²) in [5.74, 6) is -0.332. The second-order valence-electron chi connectivity index (χ2n) is 4.25. The second-order valence-corrected chi connectivity index (χ2v) is 4.25. The Labute approximate surface area is 106 Å². The van der Waals surface area contributed by atoms with E-state index < -0.39 is 6.04 Å². The fourth-order valence-corrected chi connectivity index (χ4v) is 2.04. The van der Waals surface area contributed by atoms with Crippen LogP contribution >= 0.6 is 0 Å². The van der Waals surface area contributed by atoms with Gasteiger partial charge >= 0.3 is 5.97 Å². The van der Waals surface area contributed by atoms with E-state index in [0.717, 1.165) is 5.56 Å². The van der Waals surface area contributed by atoms with Crippen molar-refractivity contribution in [3.63, 3.8) is 0 Å². The molecule has 0 radical (unpaired) electrons. The van der Waals surface area contributed by atoms with E-state index in [1.165, 1.54) is 7.11 Å². The molecule has 1 heterocycles. The van der Waals surface area contributed by atoms with E-state index in [1.54, 1.807) is 5.06 Å². The van der Waals surface area contributed by atoms with E-state index >= 15 is 0 Å². The van der Waals surface area contributed by atoms with Gasteiger partial charge in [-0.2, -0.15) is 5.06 Å². The van der Waals surface area contributed by atoms with Crippen molar-refractivity contribution in [2.45, 2.75) is 25.1 Å². The Balaban J connectivity index is 2.07. The Hall–Kier alpha value is -1.43. The number of ether oxygens (including phenoxy) is 1. The minimum Gasteiger partial charge on any atom is -0.468 e. The monoisotopic (exact) mass is 251 g/mol. The van der Waals surface area contributed by atoms with Crippen molar-refractivity contribution >= 4 is 5.97 Å². The third kappa shape index (κ3) is 2.87. The van der Waals surface area contributed by atoms with E-state index in [9.17, 15) is 4.79 Å². The van der Waals surface area contributed by atoms with Crippen molar-refractivity contribution in [1.82, 2.24) is 5.06 Å². The molecule has 18 heavy (non-hydrogen) atoms. The number of hydroxylamine groups is 2. The zero-order valence-electron chi connectivity index (χ0n) is 10.3. The zero-order valence-corrected chi connectivity index (χ0v) is 10.3. The van der Waals surface area contributed by atoms with Crippen LogP contribution in [-0.2, 0) is 20.9 Å². The van der Waals surface area contributed by atoms with Crippen LogP contribution < -0.4 is 0 Å². The fraction of sp³-hybridized carbons (Fsp3) is 0.462. The Morgan fingerprint density at radius 2 is 2.22 bits per heavy atom. The summed E-state index contributed by atoms with van der Waals surface area (Å²) in [6.07, 6.45) is 0.119. The molecule has 1 fully saturated rings. The molecule has 1 aliphatic heterocycles. The number of methoxy groups -OCH3 is 1. The number of hydrogen-bond donors (Lipinski definition) is 1. The first-order valence-corrected chi connectivity index (χ1v) is 5.90. The quantitative estimate of drug-likeness (QED) is 0.799. The predicted molar refractivity (Wildman–Crippen MR) is 64.4 cm³/mol. The molecular formula is C13H17NO4. The number of carbonyl (C=O) groups is 1. The van der Waals surface area contributed by atoms with Gasteiger partial charge in [-0.25, -0.2) is 0 Å². The molecule has 1 aliphatic rings. The number of carbonyl (C=O) groups excluding carboxylic acids is 1. The molecule has 2 atom stereocenters. The van der Waals surface area contributed by atoms with Crippen LogP contribution in [0.25, 0.3) is 0 Å². The van der Waals surface area contributed by atoms with Gasteiger partial charge in [-0.05, 0) is 5.56 Å². The first kappa shape index (κ1) is 13.0. The third-order valence-electron chi connectivity index (χ3n) is 2.98. The highest BCUT2D eigenvalue weighted by atomic mass is 16.7. The second kappa shape index (κ2) is 5.95. The largest absolute Gasteiger partial charge is 0.468 e. The predicted octanol–water partition coefficient (Wildman–Crippen LogP) is 0.726. The van der Waals surface area contributed by atoms with Crippen molar-refractivity contribution in [3.8, 4) is 0 Å². The molecule has 0 saturated carbocycles. The summed E-state index contributed by atoms with van der Waals surface area (Å²) >= 11 is 0. The third-order valence-corrected chi connectivity index (χ3v) is 2.98. The summed E-state index contributed by atoms with van der Waals surface area (Å²) < 4.78 is 4.75. The van der Waals surface area contributed by atoms with E-state index in [1.807, 2.05) is 30.3 Å². The first-order chi connectivity index (χ1) is 8.74. The van der Waals surface area contributed by atoms with E-state index in [4.69, 9.17) is 14.7 Å². The van der Waals surface area contributed by atoms with Gasteiger partial charge in [0.1, 0.15) is 12.1 Å². The number of rotatable bonds is 4. The number of benzene rings is 1. The van der Waals surface area contributed by atoms with Crippen molar-refractivity contribution in [2.75, 3.05) is 13.7 Å². The van der Waals surface area contributed by atoms with Gasteiger partial charge in [0.2, 0.25) is 0 Å². The maximum absolute atomic E-state index is 11.7. The molecule has 1 aromatic rings. The topological polar surface area (TPSA) is 59.0 Å². The molecule has 1 N–H and O–H groups in total. The number of aliphatic hydroxyl groups excluding tert-OH is 1. The van der Waals surface area contributed by atoms with Crippen LogP contribution in [0.3, 0.4) is 0 Å². The van der Waals surface area contributed by atoms with Crippen LogP contribution in [0.2, 0.25) is 0 Å². The van der Waals surface area contributed by atoms with Gasteiger partial charge < -0.3 is 9.84 Å². The molecule has 0 aromatic heterocycles. The van der Waals surface area contributed by atoms with Crippen LogP contribution in [-0.4, -0.2) is 42.0 Å². The SMILES string of the molecule is COC(=O)[C@@H]1C[C@H](CO)ON1Cc1ccccc1. The number of hydrogen-bond acceptors (Lipinski definition) is 5. The minimum absolute atomic E-state index is 0.0984. The lowest BCUT2D eigenvalue weighted by molar-refractivity contribution is -0.189. The van der Waals surface area contributed by atoms with Gasteiger partial charge in [0, 0.05) is 6.42 Å². The molecular weight excluding hydrogens is 234 g/mol. The van der Waals surface area contributed by atoms with E-state index in [0.29, 0.717) is 13.0 Å². The van der Waals surface area contributed by atoms with Gasteiger partial charge in [-0.3, -0.25) is 9.63 Å². The van der Waals surface area contributed by atoms with Crippen molar-refractivity contribution < 1.29 is 19.5 Å². The molecule has 1 saturated heterocycles. The number of aliphatic hydroxyl groups is 1. The number of nitrogens with zero attached hydrogens (tertiary/aromatic N) is 1. The Kier molecular flexibility index (Phi) is 4.30. The first-order valence-electron chi connectivity index (χ1n) is 5.90. The van der Waals surface area contributed by atoms with Crippen LogP contribution in [0.1, 0.15) is 12.0 Å². The molecule has 0 bridgehead atoms.